The van der Waals surface area contributed by atoms with Crippen LogP contribution in [0.15, 0.2) is 17.2 Å². The van der Waals surface area contributed by atoms with E-state index in [9.17, 15) is 13.2 Å². The van der Waals surface area contributed by atoms with Crippen molar-refractivity contribution in [3.05, 3.63) is 18.0 Å². The zero-order valence-electron chi connectivity index (χ0n) is 10.5. The molecule has 0 aliphatic carbocycles. The number of carbonyl (C=O) groups is 1. The van der Waals surface area contributed by atoms with E-state index in [1.807, 2.05) is 20.8 Å². The maximum atomic E-state index is 11.8. The summed E-state index contributed by atoms with van der Waals surface area (Å²) in [7, 11) is 1.42. The van der Waals surface area contributed by atoms with Crippen molar-refractivity contribution in [2.45, 2.75) is 38.1 Å². The van der Waals surface area contributed by atoms with Crippen LogP contribution < -0.4 is 0 Å². The van der Waals surface area contributed by atoms with E-state index >= 15 is 0 Å². The number of aromatic nitrogens is 1. The molecule has 0 amide bonds. The number of rotatable bonds is 5. The molecule has 0 bridgehead atoms. The molecule has 18 heavy (non-hydrogen) atoms. The van der Waals surface area contributed by atoms with Crippen molar-refractivity contribution in [1.82, 2.24) is 4.57 Å². The minimum Gasteiger partial charge on any atom is -0.461 e. The highest BCUT2D eigenvalue weighted by atomic mass is 35.7. The van der Waals surface area contributed by atoms with Crippen LogP contribution in [0.4, 0.5) is 0 Å². The van der Waals surface area contributed by atoms with Crippen LogP contribution in [-0.4, -0.2) is 25.6 Å². The van der Waals surface area contributed by atoms with Crippen molar-refractivity contribution in [2.75, 3.05) is 6.61 Å². The molecule has 0 aliphatic heterocycles. The van der Waals surface area contributed by atoms with Crippen molar-refractivity contribution in [1.29, 1.82) is 0 Å². The van der Waals surface area contributed by atoms with Gasteiger partial charge in [0.25, 0.3) is 9.05 Å². The summed E-state index contributed by atoms with van der Waals surface area (Å²) < 4.78 is 29.0. The lowest BCUT2D eigenvalue weighted by Crippen LogP contribution is -2.13. The highest BCUT2D eigenvalue weighted by Gasteiger charge is 2.21. The maximum Gasteiger partial charge on any atom is 0.354 e. The van der Waals surface area contributed by atoms with E-state index in [1.165, 1.54) is 16.8 Å². The molecule has 102 valence electrons. The molecule has 1 heterocycles. The second-order valence-corrected chi connectivity index (χ2v) is 6.70. The SMILES string of the molecule is CCCOC(=O)c1cc(S(=O)(=O)Cl)cn1C(C)C. The maximum absolute atomic E-state index is 11.8. The second-order valence-electron chi connectivity index (χ2n) is 4.14. The van der Waals surface area contributed by atoms with Crippen LogP contribution in [0, 0.1) is 0 Å². The molecule has 0 spiro atoms. The summed E-state index contributed by atoms with van der Waals surface area (Å²) in [4.78, 5) is 11.7. The van der Waals surface area contributed by atoms with E-state index < -0.39 is 15.0 Å². The second kappa shape index (κ2) is 5.75. The predicted octanol–water partition coefficient (Wildman–Crippen LogP) is 2.56. The number of carbonyl (C=O) groups excluding carboxylic acids is 1. The van der Waals surface area contributed by atoms with Gasteiger partial charge in [0.1, 0.15) is 10.6 Å². The van der Waals surface area contributed by atoms with Crippen molar-refractivity contribution in [3.63, 3.8) is 0 Å². The molecule has 0 unspecified atom stereocenters. The fourth-order valence-corrected chi connectivity index (χ4v) is 2.19. The Morgan fingerprint density at radius 3 is 2.56 bits per heavy atom. The van der Waals surface area contributed by atoms with Gasteiger partial charge < -0.3 is 9.30 Å². The predicted molar refractivity (Wildman–Crippen MR) is 68.4 cm³/mol. The van der Waals surface area contributed by atoms with Gasteiger partial charge in [-0.2, -0.15) is 0 Å². The van der Waals surface area contributed by atoms with Crippen molar-refractivity contribution in [2.24, 2.45) is 0 Å². The van der Waals surface area contributed by atoms with E-state index in [0.29, 0.717) is 13.0 Å². The first-order valence-electron chi connectivity index (χ1n) is 5.61. The summed E-state index contributed by atoms with van der Waals surface area (Å²) in [5.74, 6) is -0.544. The molecule has 0 radical (unpaired) electrons. The Balaban J connectivity index is 3.17. The number of hydrogen-bond donors (Lipinski definition) is 0. The Bertz CT molecular complexity index is 533. The molecule has 0 N–H and O–H groups in total. The zero-order chi connectivity index (χ0) is 13.9. The molecule has 0 fully saturated rings. The van der Waals surface area contributed by atoms with Gasteiger partial charge in [0.2, 0.25) is 0 Å². The fourth-order valence-electron chi connectivity index (χ4n) is 1.45. The average molecular weight is 294 g/mol. The number of ether oxygens (including phenoxy) is 1. The molecule has 0 saturated heterocycles. The third kappa shape index (κ3) is 3.49. The van der Waals surface area contributed by atoms with Crippen LogP contribution in [0.2, 0.25) is 0 Å². The summed E-state index contributed by atoms with van der Waals surface area (Å²) in [5.41, 5.74) is 0.192. The summed E-state index contributed by atoms with van der Waals surface area (Å²) in [6.07, 6.45) is 2.05. The quantitative estimate of drug-likeness (QED) is 0.618. The van der Waals surface area contributed by atoms with E-state index in [4.69, 9.17) is 15.4 Å². The van der Waals surface area contributed by atoms with Crippen LogP contribution in [0.1, 0.15) is 43.7 Å². The molecule has 5 nitrogen and oxygen atoms in total. The van der Waals surface area contributed by atoms with Gasteiger partial charge in [0.05, 0.1) is 6.61 Å². The van der Waals surface area contributed by atoms with Crippen LogP contribution in [-0.2, 0) is 13.8 Å². The number of halogens is 1. The third-order valence-electron chi connectivity index (χ3n) is 2.31. The Morgan fingerprint density at radius 2 is 2.11 bits per heavy atom. The Hall–Kier alpha value is -1.01. The largest absolute Gasteiger partial charge is 0.461 e. The van der Waals surface area contributed by atoms with Crippen LogP contribution in [0.5, 0.6) is 0 Å². The highest BCUT2D eigenvalue weighted by Crippen LogP contribution is 2.22. The van der Waals surface area contributed by atoms with E-state index in [1.54, 1.807) is 0 Å². The van der Waals surface area contributed by atoms with Crippen molar-refractivity contribution in [3.8, 4) is 0 Å². The lowest BCUT2D eigenvalue weighted by molar-refractivity contribution is 0.0491. The summed E-state index contributed by atoms with van der Waals surface area (Å²) in [6, 6.07) is 1.17. The number of nitrogens with zero attached hydrogens (tertiary/aromatic N) is 1. The molecular formula is C11H16ClNO4S. The molecule has 7 heteroatoms. The van der Waals surface area contributed by atoms with E-state index in [-0.39, 0.29) is 16.6 Å². The fraction of sp³-hybridized carbons (Fsp3) is 0.545. The van der Waals surface area contributed by atoms with Gasteiger partial charge in [-0.15, -0.1) is 0 Å². The molecule has 1 aromatic rings. The number of hydrogen-bond acceptors (Lipinski definition) is 4. The van der Waals surface area contributed by atoms with Crippen LogP contribution in [0.25, 0.3) is 0 Å². The van der Waals surface area contributed by atoms with Gasteiger partial charge >= 0.3 is 5.97 Å². The Labute approximate surface area is 111 Å². The molecule has 0 saturated carbocycles. The molecule has 1 aromatic heterocycles. The van der Waals surface area contributed by atoms with Gasteiger partial charge in [-0.05, 0) is 26.3 Å². The first kappa shape index (κ1) is 15.0. The summed E-state index contributed by atoms with van der Waals surface area (Å²) in [6.45, 7) is 5.84. The lowest BCUT2D eigenvalue weighted by atomic mass is 10.3. The minimum atomic E-state index is -3.85. The average Bonchev–Trinajstić information content (AvgIpc) is 2.70. The first-order valence-corrected chi connectivity index (χ1v) is 7.92. The van der Waals surface area contributed by atoms with E-state index in [0.717, 1.165) is 0 Å². The molecular weight excluding hydrogens is 278 g/mol. The Kier molecular flexibility index (Phi) is 4.81. The van der Waals surface area contributed by atoms with Gasteiger partial charge in [0.15, 0.2) is 0 Å². The van der Waals surface area contributed by atoms with Gasteiger partial charge in [0, 0.05) is 22.9 Å². The number of esters is 1. The van der Waals surface area contributed by atoms with Gasteiger partial charge in [-0.1, -0.05) is 6.92 Å². The monoisotopic (exact) mass is 293 g/mol. The minimum absolute atomic E-state index is 0.0682. The van der Waals surface area contributed by atoms with Crippen molar-refractivity contribution < 1.29 is 17.9 Å². The Morgan fingerprint density at radius 1 is 1.50 bits per heavy atom. The molecule has 1 rings (SSSR count). The lowest BCUT2D eigenvalue weighted by Gasteiger charge is -2.11. The summed E-state index contributed by atoms with van der Waals surface area (Å²) in [5, 5.41) is 0. The topological polar surface area (TPSA) is 65.4 Å². The van der Waals surface area contributed by atoms with Gasteiger partial charge in [-0.3, -0.25) is 0 Å². The molecule has 0 aliphatic rings. The van der Waals surface area contributed by atoms with Gasteiger partial charge in [-0.25, -0.2) is 13.2 Å². The summed E-state index contributed by atoms with van der Waals surface area (Å²) >= 11 is 0. The standard InChI is InChI=1S/C11H16ClNO4S/c1-4-5-17-11(14)10-6-9(18(12,15)16)7-13(10)8(2)3/h6-8H,4-5H2,1-3H3. The van der Waals surface area contributed by atoms with Crippen molar-refractivity contribution >= 4 is 25.7 Å². The highest BCUT2D eigenvalue weighted by molar-refractivity contribution is 8.13. The zero-order valence-corrected chi connectivity index (χ0v) is 12.1. The first-order chi connectivity index (χ1) is 8.27. The van der Waals surface area contributed by atoms with Crippen LogP contribution >= 0.6 is 10.7 Å². The smallest absolute Gasteiger partial charge is 0.354 e. The third-order valence-corrected chi connectivity index (χ3v) is 3.63. The molecule has 0 aromatic carbocycles. The van der Waals surface area contributed by atoms with Crippen LogP contribution in [0.3, 0.4) is 0 Å². The normalized spacial score (nSPS) is 11.8. The van der Waals surface area contributed by atoms with E-state index in [2.05, 4.69) is 0 Å². The molecule has 0 atom stereocenters.